The van der Waals surface area contributed by atoms with Crippen LogP contribution >= 0.6 is 0 Å². The van der Waals surface area contributed by atoms with E-state index in [1.807, 2.05) is 98.4 Å². The maximum atomic E-state index is 5.80. The number of hydrogen-bond donors (Lipinski definition) is 0. The Morgan fingerprint density at radius 2 is 0.512 bits per heavy atom. The van der Waals surface area contributed by atoms with Crippen molar-refractivity contribution in [3.05, 3.63) is 256 Å². The minimum atomic E-state index is 0.438. The summed E-state index contributed by atoms with van der Waals surface area (Å²) in [7, 11) is 0. The fourth-order valence-corrected chi connectivity index (χ4v) is 12.7. The van der Waals surface area contributed by atoms with Crippen molar-refractivity contribution >= 4 is 87.2 Å². The van der Waals surface area contributed by atoms with Crippen LogP contribution in [0.1, 0.15) is 0 Å². The van der Waals surface area contributed by atoms with E-state index < -0.39 is 0 Å². The Hall–Kier alpha value is -11.5. The summed E-state index contributed by atoms with van der Waals surface area (Å²) >= 11 is 0. The molecular weight excluding hydrogens is 1010 g/mol. The van der Waals surface area contributed by atoms with Crippen LogP contribution in [0.15, 0.2) is 256 Å². The lowest BCUT2D eigenvalue weighted by atomic mass is 9.92. The van der Waals surface area contributed by atoms with E-state index in [2.05, 4.69) is 176 Å². The summed E-state index contributed by atoms with van der Waals surface area (Å²) in [4.78, 5) is 41.5. The van der Waals surface area contributed by atoms with E-state index in [-0.39, 0.29) is 0 Å². The zero-order chi connectivity index (χ0) is 53.8. The summed E-state index contributed by atoms with van der Waals surface area (Å²) in [5, 5.41) is 8.39. The first kappa shape index (κ1) is 45.5. The number of aromatic nitrogens is 12. The van der Waals surface area contributed by atoms with Crippen LogP contribution in [0.3, 0.4) is 0 Å². The van der Waals surface area contributed by atoms with Crippen molar-refractivity contribution in [2.75, 3.05) is 0 Å². The number of rotatable bonds is 8. The van der Waals surface area contributed by atoms with Crippen molar-refractivity contribution < 1.29 is 0 Å². The lowest BCUT2D eigenvalue weighted by molar-refractivity contribution is 1.01. The molecule has 7 aromatic carbocycles. The van der Waals surface area contributed by atoms with E-state index in [4.69, 9.17) is 39.9 Å². The van der Waals surface area contributed by atoms with Gasteiger partial charge in [0, 0.05) is 97.0 Å². The number of pyridine rings is 5. The number of hydrogen-bond acceptors (Lipinski definition) is 8. The predicted molar refractivity (Wildman–Crippen MR) is 328 cm³/mol. The molecule has 17 rings (SSSR count). The molecule has 0 aliphatic heterocycles. The Morgan fingerprint density at radius 3 is 0.915 bits per heavy atom. The first-order chi connectivity index (χ1) is 40.8. The van der Waals surface area contributed by atoms with Crippen LogP contribution in [-0.2, 0) is 0 Å². The van der Waals surface area contributed by atoms with Gasteiger partial charge in [-0.05, 0) is 66.2 Å². The van der Waals surface area contributed by atoms with Gasteiger partial charge in [0.05, 0.1) is 97.2 Å². The van der Waals surface area contributed by atoms with Gasteiger partial charge in [0.25, 0.3) is 0 Å². The molecule has 0 saturated carbocycles. The van der Waals surface area contributed by atoms with Gasteiger partial charge in [0.1, 0.15) is 0 Å². The third-order valence-corrected chi connectivity index (χ3v) is 16.1. The molecule has 0 spiro atoms. The molecule has 0 amide bonds. The molecule has 10 heterocycles. The number of nitrogens with zero attached hydrogens (tertiary/aromatic N) is 12. The van der Waals surface area contributed by atoms with E-state index in [0.717, 1.165) is 132 Å². The first-order valence-electron chi connectivity index (χ1n) is 27.1. The highest BCUT2D eigenvalue weighted by Gasteiger charge is 2.37. The Labute approximate surface area is 467 Å². The molecule has 0 saturated heterocycles. The van der Waals surface area contributed by atoms with E-state index in [1.54, 1.807) is 0 Å². The molecule has 0 fully saturated rings. The van der Waals surface area contributed by atoms with Crippen molar-refractivity contribution in [3.63, 3.8) is 0 Å². The van der Waals surface area contributed by atoms with E-state index >= 15 is 0 Å². The highest BCUT2D eigenvalue weighted by Crippen LogP contribution is 2.54. The molecule has 0 unspecified atom stereocenters. The van der Waals surface area contributed by atoms with Gasteiger partial charge >= 0.3 is 0 Å². The molecule has 0 bridgehead atoms. The van der Waals surface area contributed by atoms with Gasteiger partial charge in [0.2, 0.25) is 0 Å². The Kier molecular flexibility index (Phi) is 10.0. The fourth-order valence-electron chi connectivity index (χ4n) is 12.7. The summed E-state index contributed by atoms with van der Waals surface area (Å²) < 4.78 is 9.63. The molecule has 0 radical (unpaired) electrons. The lowest BCUT2D eigenvalue weighted by Crippen LogP contribution is -2.17. The maximum absolute atomic E-state index is 5.80. The third-order valence-electron chi connectivity index (χ3n) is 16.1. The Balaban J connectivity index is 1.26. The van der Waals surface area contributed by atoms with E-state index in [0.29, 0.717) is 23.0 Å². The van der Waals surface area contributed by atoms with Gasteiger partial charge < -0.3 is 18.3 Å². The minimum Gasteiger partial charge on any atom is -0.306 e. The molecule has 10 aromatic heterocycles. The van der Waals surface area contributed by atoms with Crippen LogP contribution < -0.4 is 0 Å². The maximum Gasteiger partial charge on any atom is 0.168 e. The van der Waals surface area contributed by atoms with Crippen LogP contribution in [0.25, 0.3) is 155 Å². The van der Waals surface area contributed by atoms with E-state index in [9.17, 15) is 0 Å². The number of para-hydroxylation sites is 4. The topological polar surface area (TPSA) is 123 Å². The van der Waals surface area contributed by atoms with Gasteiger partial charge in [-0.25, -0.2) is 15.0 Å². The monoisotopic (exact) mass is 1050 g/mol. The quantitative estimate of drug-likeness (QED) is 0.147. The van der Waals surface area contributed by atoms with Crippen LogP contribution in [-0.4, -0.2) is 58.1 Å². The van der Waals surface area contributed by atoms with Gasteiger partial charge in [-0.3, -0.25) is 24.9 Å². The largest absolute Gasteiger partial charge is 0.306 e. The average molecular weight is 1050 g/mol. The standard InChI is InChI=1S/C70H42N12/c1-3-15-44(16-4-1)68-76-69(45-17-5-2-6-18-45)78-70(77-68)63-64(79-54-23-11-7-19-46(54)50-29-35-72-39-58(50)79)62(43-27-33-71-34-28-43)65(80-55-24-12-8-20-47(55)51-30-36-73-40-59(51)80)67(82-57-26-14-10-22-49(57)53-32-38-75-42-61(53)82)66(63)81-56-25-13-9-21-48(56)52-31-37-74-41-60(52)81/h1-42H. The second-order valence-corrected chi connectivity index (χ2v) is 20.4. The van der Waals surface area contributed by atoms with Crippen molar-refractivity contribution in [1.29, 1.82) is 0 Å². The molecule has 382 valence electrons. The fraction of sp³-hybridized carbons (Fsp3) is 0. The van der Waals surface area contributed by atoms with Crippen molar-refractivity contribution in [2.24, 2.45) is 0 Å². The van der Waals surface area contributed by atoms with Crippen LogP contribution in [0.5, 0.6) is 0 Å². The highest BCUT2D eigenvalue weighted by molar-refractivity contribution is 6.18. The van der Waals surface area contributed by atoms with Gasteiger partial charge in [-0.15, -0.1) is 0 Å². The summed E-state index contributed by atoms with van der Waals surface area (Å²) in [5.74, 6) is 1.47. The Morgan fingerprint density at radius 1 is 0.207 bits per heavy atom. The molecule has 0 aliphatic carbocycles. The average Bonchev–Trinajstić information content (AvgIpc) is 2.09. The van der Waals surface area contributed by atoms with Gasteiger partial charge in [-0.2, -0.15) is 0 Å². The number of fused-ring (bicyclic) bond motifs is 12. The van der Waals surface area contributed by atoms with Crippen LogP contribution in [0.4, 0.5) is 0 Å². The molecular formula is C70H42N12. The lowest BCUT2D eigenvalue weighted by Gasteiger charge is -2.30. The van der Waals surface area contributed by atoms with Crippen molar-refractivity contribution in [1.82, 2.24) is 58.1 Å². The van der Waals surface area contributed by atoms with Gasteiger partial charge in [-0.1, -0.05) is 133 Å². The normalized spacial score (nSPS) is 11.9. The van der Waals surface area contributed by atoms with Crippen molar-refractivity contribution in [3.8, 4) is 68.0 Å². The summed E-state index contributed by atoms with van der Waals surface area (Å²) in [6, 6.07) is 67.6. The van der Waals surface area contributed by atoms with Crippen LogP contribution in [0.2, 0.25) is 0 Å². The second-order valence-electron chi connectivity index (χ2n) is 20.4. The molecule has 17 aromatic rings. The van der Waals surface area contributed by atoms with E-state index in [1.165, 1.54) is 0 Å². The van der Waals surface area contributed by atoms with Gasteiger partial charge in [0.15, 0.2) is 17.5 Å². The predicted octanol–water partition coefficient (Wildman–Crippen LogP) is 15.9. The van der Waals surface area contributed by atoms with Crippen molar-refractivity contribution in [2.45, 2.75) is 0 Å². The molecule has 82 heavy (non-hydrogen) atoms. The molecule has 0 aliphatic rings. The second kappa shape index (κ2) is 18.0. The Bertz CT molecular complexity index is 5140. The number of benzene rings is 7. The van der Waals surface area contributed by atoms with Crippen LogP contribution in [0, 0.1) is 0 Å². The highest BCUT2D eigenvalue weighted by atomic mass is 15.1. The summed E-state index contributed by atoms with van der Waals surface area (Å²) in [6.07, 6.45) is 19.2. The minimum absolute atomic E-state index is 0.438. The summed E-state index contributed by atoms with van der Waals surface area (Å²) in [6.45, 7) is 0. The zero-order valence-electron chi connectivity index (χ0n) is 43.6. The SMILES string of the molecule is c1ccc(-c2nc(-c3ccccc3)nc(-c3c(-n4c5ccccc5c5ccncc54)c(-c4ccncc4)c(-n4c5ccccc5c5ccncc54)c(-n4c5ccccc5c5ccncc54)c3-n3c4ccccc4c4ccncc43)n2)cc1. The molecule has 12 nitrogen and oxygen atoms in total. The molecule has 12 heteroatoms. The summed E-state index contributed by atoms with van der Waals surface area (Å²) in [5.41, 5.74) is 14.9. The zero-order valence-corrected chi connectivity index (χ0v) is 43.6. The molecule has 0 atom stereocenters. The third kappa shape index (κ3) is 6.66. The first-order valence-corrected chi connectivity index (χ1v) is 27.1. The molecule has 0 N–H and O–H groups in total. The smallest absolute Gasteiger partial charge is 0.168 e.